The van der Waals surface area contributed by atoms with Gasteiger partial charge in [0.1, 0.15) is 0 Å². The third-order valence-electron chi connectivity index (χ3n) is 6.59. The first-order chi connectivity index (χ1) is 15.3. The van der Waals surface area contributed by atoms with Crippen molar-refractivity contribution in [3.8, 4) is 0 Å². The van der Waals surface area contributed by atoms with Gasteiger partial charge in [-0.1, -0.05) is 39.0 Å². The smallest absolute Gasteiger partial charge is 0.227 e. The molecule has 1 amide bonds. The average Bonchev–Trinajstić information content (AvgIpc) is 3.34. The normalized spacial score (nSPS) is 15.7. The van der Waals surface area contributed by atoms with E-state index in [0.29, 0.717) is 6.42 Å². The number of rotatable bonds is 3. The Kier molecular flexibility index (Phi) is 4.99. The van der Waals surface area contributed by atoms with Gasteiger partial charge < -0.3 is 9.47 Å². The standard InChI is InChI=1S/C25H30N6O/c1-25(2,3)21-9-10-22-26-27-24(31(22)28-21)17-11-13-30(14-12-17)23(32)15-18-16-29(4)20-8-6-5-7-19(18)20/h5-10,16-17H,11-15H2,1-4H3. The Morgan fingerprint density at radius 2 is 1.81 bits per heavy atom. The Bertz CT molecular complexity index is 1290. The maximum Gasteiger partial charge on any atom is 0.227 e. The van der Waals surface area contributed by atoms with Crippen LogP contribution in [0.1, 0.15) is 56.6 Å². The van der Waals surface area contributed by atoms with E-state index >= 15 is 0 Å². The van der Waals surface area contributed by atoms with Gasteiger partial charge in [-0.15, -0.1) is 10.2 Å². The van der Waals surface area contributed by atoms with Crippen LogP contribution in [0.2, 0.25) is 0 Å². The van der Waals surface area contributed by atoms with Crippen molar-refractivity contribution in [3.05, 3.63) is 59.7 Å². The van der Waals surface area contributed by atoms with Gasteiger partial charge in [0.15, 0.2) is 11.5 Å². The number of benzene rings is 1. The second-order valence-corrected chi connectivity index (χ2v) is 9.91. The predicted octanol–water partition coefficient (Wildman–Crippen LogP) is 3.86. The van der Waals surface area contributed by atoms with Gasteiger partial charge in [0.05, 0.1) is 12.1 Å². The second-order valence-electron chi connectivity index (χ2n) is 9.91. The molecule has 0 bridgehead atoms. The van der Waals surface area contributed by atoms with Crippen LogP contribution in [0.3, 0.4) is 0 Å². The number of carbonyl (C=O) groups excluding carboxylic acids is 1. The van der Waals surface area contributed by atoms with E-state index in [0.717, 1.165) is 59.6 Å². The summed E-state index contributed by atoms with van der Waals surface area (Å²) in [5.41, 5.74) is 4.02. The molecule has 7 heteroatoms. The maximum atomic E-state index is 13.1. The Morgan fingerprint density at radius 1 is 1.06 bits per heavy atom. The molecule has 1 aliphatic rings. The number of hydrogen-bond donors (Lipinski definition) is 0. The van der Waals surface area contributed by atoms with E-state index in [1.54, 1.807) is 0 Å². The second kappa shape index (κ2) is 7.73. The van der Waals surface area contributed by atoms with Crippen LogP contribution in [0, 0.1) is 0 Å². The van der Waals surface area contributed by atoms with Gasteiger partial charge in [0, 0.05) is 48.6 Å². The Balaban J connectivity index is 1.29. The minimum atomic E-state index is -0.0346. The summed E-state index contributed by atoms with van der Waals surface area (Å²) in [6.07, 6.45) is 4.28. The first kappa shape index (κ1) is 20.7. The molecule has 0 spiro atoms. The first-order valence-electron chi connectivity index (χ1n) is 11.3. The summed E-state index contributed by atoms with van der Waals surface area (Å²) < 4.78 is 4.00. The zero-order valence-corrected chi connectivity index (χ0v) is 19.2. The molecular weight excluding hydrogens is 400 g/mol. The number of likely N-dealkylation sites (tertiary alicyclic amines) is 1. The highest BCUT2D eigenvalue weighted by Crippen LogP contribution is 2.29. The Labute approximate surface area is 188 Å². The lowest BCUT2D eigenvalue weighted by atomic mass is 9.92. The van der Waals surface area contributed by atoms with E-state index < -0.39 is 0 Å². The van der Waals surface area contributed by atoms with Gasteiger partial charge >= 0.3 is 0 Å². The molecule has 1 saturated heterocycles. The monoisotopic (exact) mass is 430 g/mol. The lowest BCUT2D eigenvalue weighted by Gasteiger charge is -2.31. The number of amides is 1. The third-order valence-corrected chi connectivity index (χ3v) is 6.59. The van der Waals surface area contributed by atoms with Crippen molar-refractivity contribution in [1.29, 1.82) is 0 Å². The predicted molar refractivity (Wildman–Crippen MR) is 125 cm³/mol. The Morgan fingerprint density at radius 3 is 2.56 bits per heavy atom. The van der Waals surface area contributed by atoms with Crippen LogP contribution in [0.15, 0.2) is 42.6 Å². The Hall–Kier alpha value is -3.22. The SMILES string of the molecule is Cn1cc(CC(=O)N2CCC(c3nnc4ccc(C(C)(C)C)nn34)CC2)c2ccccc21. The van der Waals surface area contributed by atoms with Crippen LogP contribution in [-0.4, -0.2) is 48.3 Å². The molecule has 0 unspecified atom stereocenters. The first-order valence-corrected chi connectivity index (χ1v) is 11.3. The highest BCUT2D eigenvalue weighted by Gasteiger charge is 2.28. The number of piperidine rings is 1. The molecule has 4 aromatic rings. The fraction of sp³-hybridized carbons (Fsp3) is 0.440. The molecule has 1 aromatic carbocycles. The van der Waals surface area contributed by atoms with Gasteiger partial charge in [-0.25, -0.2) is 0 Å². The number of para-hydroxylation sites is 1. The van der Waals surface area contributed by atoms with Crippen molar-refractivity contribution in [2.45, 2.75) is 51.4 Å². The number of aromatic nitrogens is 5. The van der Waals surface area contributed by atoms with E-state index in [9.17, 15) is 4.79 Å². The van der Waals surface area contributed by atoms with Crippen LogP contribution in [0.25, 0.3) is 16.6 Å². The molecule has 0 N–H and O–H groups in total. The number of fused-ring (bicyclic) bond motifs is 2. The third kappa shape index (κ3) is 3.66. The number of carbonyl (C=O) groups is 1. The molecular formula is C25H30N6O. The zero-order chi connectivity index (χ0) is 22.5. The highest BCUT2D eigenvalue weighted by molar-refractivity contribution is 5.89. The topological polar surface area (TPSA) is 68.3 Å². The molecule has 0 aliphatic carbocycles. The lowest BCUT2D eigenvalue weighted by molar-refractivity contribution is -0.131. The van der Waals surface area contributed by atoms with E-state index in [-0.39, 0.29) is 17.2 Å². The quantitative estimate of drug-likeness (QED) is 0.495. The van der Waals surface area contributed by atoms with Gasteiger partial charge in [-0.3, -0.25) is 4.79 Å². The number of nitrogens with zero attached hydrogens (tertiary/aromatic N) is 6. The summed E-state index contributed by atoms with van der Waals surface area (Å²) >= 11 is 0. The molecule has 0 atom stereocenters. The molecule has 1 aliphatic heterocycles. The maximum absolute atomic E-state index is 13.1. The van der Waals surface area contributed by atoms with Gasteiger partial charge in [0.25, 0.3) is 0 Å². The van der Waals surface area contributed by atoms with Crippen molar-refractivity contribution >= 4 is 22.5 Å². The van der Waals surface area contributed by atoms with Crippen molar-refractivity contribution in [2.75, 3.05) is 13.1 Å². The van der Waals surface area contributed by atoms with Crippen molar-refractivity contribution < 1.29 is 4.79 Å². The molecule has 166 valence electrons. The van der Waals surface area contributed by atoms with E-state index in [4.69, 9.17) is 5.10 Å². The fourth-order valence-electron chi connectivity index (χ4n) is 4.69. The molecule has 7 nitrogen and oxygen atoms in total. The van der Waals surface area contributed by atoms with E-state index in [1.807, 2.05) is 40.7 Å². The lowest BCUT2D eigenvalue weighted by Crippen LogP contribution is -2.39. The van der Waals surface area contributed by atoms with Crippen molar-refractivity contribution in [2.24, 2.45) is 7.05 Å². The van der Waals surface area contributed by atoms with Crippen LogP contribution < -0.4 is 0 Å². The number of hydrogen-bond acceptors (Lipinski definition) is 4. The van der Waals surface area contributed by atoms with Crippen molar-refractivity contribution in [1.82, 2.24) is 29.3 Å². The molecule has 32 heavy (non-hydrogen) atoms. The van der Waals surface area contributed by atoms with Gasteiger partial charge in [-0.2, -0.15) is 9.61 Å². The van der Waals surface area contributed by atoms with Crippen LogP contribution in [0.5, 0.6) is 0 Å². The summed E-state index contributed by atoms with van der Waals surface area (Å²) in [6.45, 7) is 7.95. The summed E-state index contributed by atoms with van der Waals surface area (Å²) in [4.78, 5) is 15.0. The van der Waals surface area contributed by atoms with Crippen LogP contribution in [-0.2, 0) is 23.7 Å². The number of aryl methyl sites for hydroxylation is 1. The largest absolute Gasteiger partial charge is 0.350 e. The summed E-state index contributed by atoms with van der Waals surface area (Å²) in [7, 11) is 2.03. The van der Waals surface area contributed by atoms with Crippen molar-refractivity contribution in [3.63, 3.8) is 0 Å². The average molecular weight is 431 g/mol. The van der Waals surface area contributed by atoms with Crippen LogP contribution in [0.4, 0.5) is 0 Å². The van der Waals surface area contributed by atoms with Gasteiger partial charge in [-0.05, 0) is 36.6 Å². The minimum Gasteiger partial charge on any atom is -0.350 e. The molecule has 0 radical (unpaired) electrons. The zero-order valence-electron chi connectivity index (χ0n) is 19.2. The van der Waals surface area contributed by atoms with Gasteiger partial charge in [0.2, 0.25) is 5.91 Å². The summed E-state index contributed by atoms with van der Waals surface area (Å²) in [5, 5.41) is 14.8. The minimum absolute atomic E-state index is 0.0346. The van der Waals surface area contributed by atoms with E-state index in [2.05, 4.69) is 53.9 Å². The molecule has 1 fully saturated rings. The molecule has 3 aromatic heterocycles. The molecule has 4 heterocycles. The molecule has 0 saturated carbocycles. The highest BCUT2D eigenvalue weighted by atomic mass is 16.2. The van der Waals surface area contributed by atoms with Crippen LogP contribution >= 0.6 is 0 Å². The van der Waals surface area contributed by atoms with E-state index in [1.165, 1.54) is 0 Å². The summed E-state index contributed by atoms with van der Waals surface area (Å²) in [6, 6.07) is 12.3. The fourth-order valence-corrected chi connectivity index (χ4v) is 4.69. The summed E-state index contributed by atoms with van der Waals surface area (Å²) in [5.74, 6) is 1.36. The molecule has 5 rings (SSSR count).